The summed E-state index contributed by atoms with van der Waals surface area (Å²) in [4.78, 5) is 47.2. The number of aromatic hydroxyl groups is 2. The number of aliphatic hydroxyl groups excluding tert-OH is 2. The number of rotatable bonds is 2. The molecule has 0 radical (unpaired) electrons. The van der Waals surface area contributed by atoms with Crippen molar-refractivity contribution in [3.05, 3.63) is 53.6 Å². The topological polar surface area (TPSA) is 210 Å². The molecule has 9 unspecified atom stereocenters. The van der Waals surface area contributed by atoms with Gasteiger partial charge in [0, 0.05) is 61.2 Å². The van der Waals surface area contributed by atoms with E-state index in [1.54, 1.807) is 46.8 Å². The summed E-state index contributed by atoms with van der Waals surface area (Å²) >= 11 is 0. The number of esters is 1. The number of hydrogen-bond donors (Lipinski definition) is 6. The standard InChI is InChI=1S/C38H47N3O11/c1-16-11-10-12-17(2)37(48)41-29-28-27(39-15-40-28)24-25(33(29)46)32(45)21(6)35-26(24)36(47)38(8,52-35)50-14-13-23(49-9)18(3)34(51-22(7)42)20(5)31(44)19(4)30(16)43/h10-16,18-20,23,30-31,34,43-46H,1-9H3,(H,39,40)(H,41,48)/b11-10+,14-13-,17-12+. The molecule has 5 rings (SSSR count). The zero-order chi connectivity index (χ0) is 38.4. The summed E-state index contributed by atoms with van der Waals surface area (Å²) in [6.07, 6.45) is 5.19. The van der Waals surface area contributed by atoms with Gasteiger partial charge < -0.3 is 49.7 Å². The number of phenols is 2. The van der Waals surface area contributed by atoms with E-state index in [9.17, 15) is 34.8 Å². The van der Waals surface area contributed by atoms with Crippen molar-refractivity contribution < 1.29 is 53.8 Å². The molecule has 3 aromatic rings. The number of anilines is 1. The monoisotopic (exact) mass is 721 g/mol. The highest BCUT2D eigenvalue weighted by Crippen LogP contribution is 2.53. The molecule has 52 heavy (non-hydrogen) atoms. The van der Waals surface area contributed by atoms with Crippen molar-refractivity contribution in [1.82, 2.24) is 9.97 Å². The van der Waals surface area contributed by atoms with Crippen LogP contribution in [-0.2, 0) is 23.8 Å². The first-order valence-electron chi connectivity index (χ1n) is 17.1. The van der Waals surface area contributed by atoms with E-state index >= 15 is 0 Å². The van der Waals surface area contributed by atoms with Crippen molar-refractivity contribution in [2.45, 2.75) is 85.6 Å². The van der Waals surface area contributed by atoms with Crippen molar-refractivity contribution >= 4 is 45.2 Å². The van der Waals surface area contributed by atoms with Gasteiger partial charge in [0.05, 0.1) is 52.9 Å². The van der Waals surface area contributed by atoms with E-state index in [4.69, 9.17) is 18.9 Å². The van der Waals surface area contributed by atoms with E-state index in [0.29, 0.717) is 0 Å². The molecular weight excluding hydrogens is 674 g/mol. The molecule has 14 heteroatoms. The highest BCUT2D eigenvalue weighted by atomic mass is 16.7. The third-order valence-electron chi connectivity index (χ3n) is 10.4. The van der Waals surface area contributed by atoms with Crippen molar-refractivity contribution in [3.63, 3.8) is 0 Å². The molecule has 6 N–H and O–H groups in total. The zero-order valence-corrected chi connectivity index (χ0v) is 30.7. The fourth-order valence-corrected chi connectivity index (χ4v) is 7.15. The number of ketones is 1. The molecule has 2 aliphatic heterocycles. The molecule has 4 bridgehead atoms. The Bertz CT molecular complexity index is 2000. The summed E-state index contributed by atoms with van der Waals surface area (Å²) in [5, 5.41) is 48.4. The highest BCUT2D eigenvalue weighted by molar-refractivity contribution is 6.27. The van der Waals surface area contributed by atoms with Gasteiger partial charge in [-0.25, -0.2) is 4.98 Å². The van der Waals surface area contributed by atoms with Gasteiger partial charge in [-0.3, -0.25) is 14.4 Å². The maximum absolute atomic E-state index is 14.2. The summed E-state index contributed by atoms with van der Waals surface area (Å²) in [5.41, 5.74) is 0.716. The predicted molar refractivity (Wildman–Crippen MR) is 192 cm³/mol. The molecule has 0 saturated heterocycles. The highest BCUT2D eigenvalue weighted by Gasteiger charge is 2.49. The number of amides is 1. The van der Waals surface area contributed by atoms with Crippen LogP contribution in [0.4, 0.5) is 5.69 Å². The van der Waals surface area contributed by atoms with Crippen LogP contribution in [0.2, 0.25) is 0 Å². The van der Waals surface area contributed by atoms with Gasteiger partial charge in [-0.05, 0) is 19.9 Å². The lowest BCUT2D eigenvalue weighted by atomic mass is 9.78. The minimum Gasteiger partial charge on any atom is -0.507 e. The maximum Gasteiger partial charge on any atom is 0.312 e. The summed E-state index contributed by atoms with van der Waals surface area (Å²) < 4.78 is 23.5. The zero-order valence-electron chi connectivity index (χ0n) is 30.7. The van der Waals surface area contributed by atoms with Crippen LogP contribution in [-0.4, -0.2) is 85.4 Å². The Hall–Kier alpha value is -4.92. The van der Waals surface area contributed by atoms with Gasteiger partial charge in [-0.2, -0.15) is 0 Å². The van der Waals surface area contributed by atoms with Crippen LogP contribution < -0.4 is 10.1 Å². The number of H-pyrrole nitrogens is 1. The van der Waals surface area contributed by atoms with E-state index in [2.05, 4.69) is 15.3 Å². The van der Waals surface area contributed by atoms with E-state index in [-0.39, 0.29) is 55.7 Å². The average Bonchev–Trinajstić information content (AvgIpc) is 3.69. The van der Waals surface area contributed by atoms with Gasteiger partial charge in [0.1, 0.15) is 23.3 Å². The lowest BCUT2D eigenvalue weighted by Crippen LogP contribution is -2.46. The number of fused-ring (bicyclic) bond motifs is 1. The molecule has 0 fully saturated rings. The van der Waals surface area contributed by atoms with Crippen LogP contribution in [0.3, 0.4) is 0 Å². The Morgan fingerprint density at radius 1 is 0.981 bits per heavy atom. The number of allylic oxidation sites excluding steroid dienone is 2. The van der Waals surface area contributed by atoms with Gasteiger partial charge in [0.25, 0.3) is 11.7 Å². The number of ether oxygens (including phenoxy) is 4. The number of phenolic OH excluding ortho intramolecular Hbond substituents is 2. The molecular formula is C38H47N3O11. The quantitative estimate of drug-likeness (QED) is 0.154. The van der Waals surface area contributed by atoms with Gasteiger partial charge in [0.2, 0.25) is 0 Å². The number of carbonyl (C=O) groups excluding carboxylic acids is 3. The summed E-state index contributed by atoms with van der Waals surface area (Å²) in [5.74, 6) is -6.90. The van der Waals surface area contributed by atoms with Crippen molar-refractivity contribution in [3.8, 4) is 17.2 Å². The van der Waals surface area contributed by atoms with Gasteiger partial charge in [0.15, 0.2) is 5.75 Å². The first kappa shape index (κ1) is 38.3. The second-order valence-corrected chi connectivity index (χ2v) is 14.0. The minimum absolute atomic E-state index is 0.0157. The minimum atomic E-state index is -1.93. The first-order chi connectivity index (χ1) is 24.4. The third kappa shape index (κ3) is 6.61. The van der Waals surface area contributed by atoms with Crippen molar-refractivity contribution in [1.29, 1.82) is 0 Å². The number of benzene rings is 2. The fraction of sp³-hybridized carbons (Fsp3) is 0.474. The molecule has 280 valence electrons. The van der Waals surface area contributed by atoms with E-state index in [0.717, 1.165) is 0 Å². The van der Waals surface area contributed by atoms with E-state index < -0.39 is 77.3 Å². The molecule has 1 amide bonds. The number of hydrogen-bond acceptors (Lipinski definition) is 12. The number of imidazole rings is 1. The number of aliphatic hydroxyl groups is 2. The molecule has 3 heterocycles. The fourth-order valence-electron chi connectivity index (χ4n) is 7.15. The molecule has 14 nitrogen and oxygen atoms in total. The summed E-state index contributed by atoms with van der Waals surface area (Å²) in [7, 11) is 1.45. The molecule has 0 spiro atoms. The number of methoxy groups -OCH3 is 1. The Labute approximate surface area is 301 Å². The Kier molecular flexibility index (Phi) is 10.8. The number of aromatic nitrogens is 2. The second-order valence-electron chi connectivity index (χ2n) is 14.0. The maximum atomic E-state index is 14.2. The van der Waals surface area contributed by atoms with Gasteiger partial charge in [-0.15, -0.1) is 0 Å². The molecule has 0 aliphatic carbocycles. The summed E-state index contributed by atoms with van der Waals surface area (Å²) in [6.45, 7) is 12.7. The van der Waals surface area contributed by atoms with Gasteiger partial charge >= 0.3 is 11.8 Å². The number of carbonyl (C=O) groups is 3. The van der Waals surface area contributed by atoms with Crippen LogP contribution in [0.1, 0.15) is 64.4 Å². The number of aromatic amines is 1. The van der Waals surface area contributed by atoms with Crippen LogP contribution in [0.5, 0.6) is 17.2 Å². The molecule has 2 aromatic carbocycles. The van der Waals surface area contributed by atoms with Crippen molar-refractivity contribution in [2.24, 2.45) is 23.7 Å². The van der Waals surface area contributed by atoms with Crippen LogP contribution in [0, 0.1) is 30.6 Å². The van der Waals surface area contributed by atoms with Crippen LogP contribution in [0.25, 0.3) is 21.8 Å². The van der Waals surface area contributed by atoms with Crippen LogP contribution in [0.15, 0.2) is 42.5 Å². The average molecular weight is 722 g/mol. The molecule has 1 aromatic heterocycles. The van der Waals surface area contributed by atoms with E-state index in [1.165, 1.54) is 52.6 Å². The molecule has 9 atom stereocenters. The van der Waals surface area contributed by atoms with Crippen molar-refractivity contribution in [2.75, 3.05) is 12.4 Å². The predicted octanol–water partition coefficient (Wildman–Crippen LogP) is 4.92. The lowest BCUT2D eigenvalue weighted by Gasteiger charge is -2.38. The number of nitrogens with one attached hydrogen (secondary N) is 2. The number of nitrogens with zero attached hydrogens (tertiary/aromatic N) is 1. The Balaban J connectivity index is 1.68. The lowest BCUT2D eigenvalue weighted by molar-refractivity contribution is -0.160. The Morgan fingerprint density at radius 3 is 2.33 bits per heavy atom. The largest absolute Gasteiger partial charge is 0.507 e. The first-order valence-corrected chi connectivity index (χ1v) is 17.1. The van der Waals surface area contributed by atoms with Gasteiger partial charge in [-0.1, -0.05) is 45.9 Å². The summed E-state index contributed by atoms with van der Waals surface area (Å²) in [6, 6.07) is 0. The smallest absolute Gasteiger partial charge is 0.312 e. The molecule has 0 saturated carbocycles. The second kappa shape index (κ2) is 14.6. The van der Waals surface area contributed by atoms with Crippen LogP contribution >= 0.6 is 0 Å². The number of Topliss-reactive ketones (excluding diaryl/α,β-unsaturated/α-hetero) is 1. The third-order valence-corrected chi connectivity index (χ3v) is 10.4. The SMILES string of the molecule is COC1/C=C\OC2(C)Oc3c(C)c(O)c4c(O)c(c5[nH]cnc5c4c3C2=O)NC(=O)/C(C)=C/C=C/C(C)C(O)C(C)C(O)C(C)C(OC(C)=O)C1C. The Morgan fingerprint density at radius 2 is 1.67 bits per heavy atom. The van der Waals surface area contributed by atoms with E-state index in [1.807, 2.05) is 0 Å². The molecule has 2 aliphatic rings. The normalized spacial score (nSPS) is 32.6.